The van der Waals surface area contributed by atoms with E-state index in [4.69, 9.17) is 23.2 Å². The van der Waals surface area contributed by atoms with Crippen LogP contribution >= 0.6 is 23.2 Å². The third kappa shape index (κ3) is 4.22. The first-order chi connectivity index (χ1) is 16.1. The molecule has 2 atom stereocenters. The standard InChI is InChI=1S/C22H17Cl2F2N5O3/c1-9-20(32)28-16(14-8-12(25)3-4-15(14)24)17-18(29-19(31(9)17)22(34)27-2)30-21(33)10-5-11(23)7-13(26)6-10/h3-9,16H,1-2H3,(H,27,34)(H,28,32)(H,30,33)/t9-,16?/m0/s1. The number of amides is 3. The van der Waals surface area contributed by atoms with Gasteiger partial charge in [0.2, 0.25) is 11.7 Å². The molecule has 8 nitrogen and oxygen atoms in total. The molecule has 1 aliphatic heterocycles. The lowest BCUT2D eigenvalue weighted by Gasteiger charge is -2.31. The number of aromatic nitrogens is 2. The number of rotatable bonds is 4. The molecular formula is C22H17Cl2F2N5O3. The number of fused-ring (bicyclic) bond motifs is 1. The highest BCUT2D eigenvalue weighted by molar-refractivity contribution is 6.31. The zero-order chi connectivity index (χ0) is 24.7. The molecule has 0 radical (unpaired) electrons. The highest BCUT2D eigenvalue weighted by Gasteiger charge is 2.39. The Morgan fingerprint density at radius 2 is 1.82 bits per heavy atom. The summed E-state index contributed by atoms with van der Waals surface area (Å²) in [6, 6.07) is 4.95. The van der Waals surface area contributed by atoms with Crippen LogP contribution in [0.1, 0.15) is 51.2 Å². The maximum atomic E-state index is 14.1. The largest absolute Gasteiger partial charge is 0.352 e. The van der Waals surface area contributed by atoms with Crippen LogP contribution in [0.3, 0.4) is 0 Å². The Hall–Kier alpha value is -3.50. The van der Waals surface area contributed by atoms with E-state index in [1.54, 1.807) is 0 Å². The first-order valence-electron chi connectivity index (χ1n) is 9.97. The van der Waals surface area contributed by atoms with Gasteiger partial charge in [0, 0.05) is 28.2 Å². The number of hydrogen-bond acceptors (Lipinski definition) is 4. The highest BCUT2D eigenvalue weighted by Crippen LogP contribution is 2.38. The van der Waals surface area contributed by atoms with Crippen molar-refractivity contribution < 1.29 is 23.2 Å². The van der Waals surface area contributed by atoms with Gasteiger partial charge in [-0.2, -0.15) is 0 Å². The van der Waals surface area contributed by atoms with Crippen molar-refractivity contribution in [3.05, 3.63) is 80.7 Å². The first kappa shape index (κ1) is 23.7. The van der Waals surface area contributed by atoms with E-state index >= 15 is 0 Å². The van der Waals surface area contributed by atoms with Crippen LogP contribution in [-0.4, -0.2) is 34.3 Å². The van der Waals surface area contributed by atoms with E-state index < -0.39 is 41.4 Å². The van der Waals surface area contributed by atoms with E-state index in [1.165, 1.54) is 30.7 Å². The fourth-order valence-electron chi connectivity index (χ4n) is 3.75. The van der Waals surface area contributed by atoms with Crippen LogP contribution in [0.25, 0.3) is 0 Å². The molecule has 2 heterocycles. The van der Waals surface area contributed by atoms with Crippen molar-refractivity contribution in [2.45, 2.75) is 19.0 Å². The summed E-state index contributed by atoms with van der Waals surface area (Å²) in [6.45, 7) is 1.54. The molecular weight excluding hydrogens is 491 g/mol. The lowest BCUT2D eigenvalue weighted by molar-refractivity contribution is -0.125. The number of nitrogens with one attached hydrogen (secondary N) is 3. The molecule has 0 saturated carbocycles. The molecule has 0 fully saturated rings. The topological polar surface area (TPSA) is 105 Å². The lowest BCUT2D eigenvalue weighted by atomic mass is 9.99. The van der Waals surface area contributed by atoms with Gasteiger partial charge in [-0.1, -0.05) is 23.2 Å². The molecule has 0 spiro atoms. The van der Waals surface area contributed by atoms with Gasteiger partial charge in [-0.25, -0.2) is 13.8 Å². The second-order valence-electron chi connectivity index (χ2n) is 7.51. The van der Waals surface area contributed by atoms with Gasteiger partial charge in [-0.15, -0.1) is 0 Å². The molecule has 4 rings (SSSR count). The monoisotopic (exact) mass is 507 g/mol. The normalized spacial score (nSPS) is 17.1. The number of anilines is 1. The molecule has 0 saturated heterocycles. The Kier molecular flexibility index (Phi) is 6.28. The molecule has 0 bridgehead atoms. The zero-order valence-electron chi connectivity index (χ0n) is 17.7. The summed E-state index contributed by atoms with van der Waals surface area (Å²) in [7, 11) is 1.38. The Morgan fingerprint density at radius 1 is 1.09 bits per heavy atom. The summed E-state index contributed by atoms with van der Waals surface area (Å²) in [5.74, 6) is -3.45. The number of carbonyl (C=O) groups excluding carboxylic acids is 3. The first-order valence-corrected chi connectivity index (χ1v) is 10.7. The zero-order valence-corrected chi connectivity index (χ0v) is 19.3. The fraction of sp³-hybridized carbons (Fsp3) is 0.182. The smallest absolute Gasteiger partial charge is 0.287 e. The van der Waals surface area contributed by atoms with Crippen molar-refractivity contribution in [3.8, 4) is 0 Å². The van der Waals surface area contributed by atoms with Crippen LogP contribution in [0.5, 0.6) is 0 Å². The number of benzene rings is 2. The van der Waals surface area contributed by atoms with E-state index in [9.17, 15) is 23.2 Å². The molecule has 0 aliphatic carbocycles. The molecule has 3 N–H and O–H groups in total. The minimum absolute atomic E-state index is 0.00775. The third-order valence-corrected chi connectivity index (χ3v) is 5.89. The molecule has 1 aromatic heterocycles. The van der Waals surface area contributed by atoms with Crippen molar-refractivity contribution >= 4 is 46.7 Å². The van der Waals surface area contributed by atoms with E-state index in [0.717, 1.165) is 24.3 Å². The maximum Gasteiger partial charge on any atom is 0.287 e. The summed E-state index contributed by atoms with van der Waals surface area (Å²) < 4.78 is 29.2. The molecule has 1 aliphatic rings. The average molecular weight is 508 g/mol. The minimum Gasteiger partial charge on any atom is -0.352 e. The number of carbonyl (C=O) groups is 3. The van der Waals surface area contributed by atoms with Crippen molar-refractivity contribution in [1.29, 1.82) is 0 Å². The van der Waals surface area contributed by atoms with Crippen LogP contribution in [0.4, 0.5) is 14.6 Å². The van der Waals surface area contributed by atoms with Crippen LogP contribution in [0.15, 0.2) is 36.4 Å². The SMILES string of the molecule is CNC(=O)c1nc(NC(=O)c2cc(F)cc(Cl)c2)c2n1[C@@H](C)C(=O)NC2c1cc(F)ccc1Cl. The second-order valence-corrected chi connectivity index (χ2v) is 8.36. The van der Waals surface area contributed by atoms with Gasteiger partial charge in [-0.3, -0.25) is 14.4 Å². The van der Waals surface area contributed by atoms with E-state index in [0.29, 0.717) is 0 Å². The van der Waals surface area contributed by atoms with Crippen LogP contribution < -0.4 is 16.0 Å². The van der Waals surface area contributed by atoms with Gasteiger partial charge >= 0.3 is 0 Å². The minimum atomic E-state index is -1.05. The summed E-state index contributed by atoms with van der Waals surface area (Å²) >= 11 is 12.2. The number of hydrogen-bond donors (Lipinski definition) is 3. The summed E-state index contributed by atoms with van der Waals surface area (Å²) in [5.41, 5.74) is 0.284. The van der Waals surface area contributed by atoms with Gasteiger partial charge in [-0.05, 0) is 43.3 Å². The van der Waals surface area contributed by atoms with Crippen molar-refractivity contribution in [3.63, 3.8) is 0 Å². The molecule has 2 aromatic carbocycles. The molecule has 176 valence electrons. The Bertz CT molecular complexity index is 1320. The highest BCUT2D eigenvalue weighted by atomic mass is 35.5. The predicted octanol–water partition coefficient (Wildman–Crippen LogP) is 3.86. The van der Waals surface area contributed by atoms with Crippen molar-refractivity contribution in [1.82, 2.24) is 20.2 Å². The van der Waals surface area contributed by atoms with Crippen molar-refractivity contribution in [2.75, 3.05) is 12.4 Å². The van der Waals surface area contributed by atoms with Gasteiger partial charge in [0.1, 0.15) is 17.7 Å². The number of halogens is 4. The lowest BCUT2D eigenvalue weighted by Crippen LogP contribution is -2.43. The summed E-state index contributed by atoms with van der Waals surface area (Å²) in [4.78, 5) is 42.5. The molecule has 12 heteroatoms. The molecule has 3 amide bonds. The molecule has 3 aromatic rings. The molecule has 34 heavy (non-hydrogen) atoms. The molecule has 1 unspecified atom stereocenters. The number of imidazole rings is 1. The summed E-state index contributed by atoms with van der Waals surface area (Å²) in [6.07, 6.45) is 0. The van der Waals surface area contributed by atoms with Gasteiger partial charge in [0.25, 0.3) is 11.8 Å². The van der Waals surface area contributed by atoms with Crippen LogP contribution in [0.2, 0.25) is 10.0 Å². The van der Waals surface area contributed by atoms with Gasteiger partial charge < -0.3 is 20.5 Å². The Balaban J connectivity index is 1.90. The van der Waals surface area contributed by atoms with Crippen molar-refractivity contribution in [2.24, 2.45) is 0 Å². The third-order valence-electron chi connectivity index (χ3n) is 5.33. The van der Waals surface area contributed by atoms with Gasteiger partial charge in [0.15, 0.2) is 5.82 Å². The predicted molar refractivity (Wildman–Crippen MR) is 121 cm³/mol. The Labute approximate surface area is 202 Å². The second kappa shape index (κ2) is 9.03. The fourth-order valence-corrected chi connectivity index (χ4v) is 4.20. The number of nitrogens with zero attached hydrogens (tertiary/aromatic N) is 2. The van der Waals surface area contributed by atoms with Crippen LogP contribution in [-0.2, 0) is 4.79 Å². The maximum absolute atomic E-state index is 14.1. The van der Waals surface area contributed by atoms with E-state index in [1.807, 2.05) is 0 Å². The summed E-state index contributed by atoms with van der Waals surface area (Å²) in [5, 5.41) is 7.86. The van der Waals surface area contributed by atoms with Gasteiger partial charge in [0.05, 0.1) is 11.7 Å². The van der Waals surface area contributed by atoms with Crippen LogP contribution in [0, 0.1) is 11.6 Å². The Morgan fingerprint density at radius 3 is 2.50 bits per heavy atom. The van der Waals surface area contributed by atoms with E-state index in [2.05, 4.69) is 20.9 Å². The van der Waals surface area contributed by atoms with E-state index in [-0.39, 0.29) is 38.5 Å². The average Bonchev–Trinajstić information content (AvgIpc) is 3.16. The quantitative estimate of drug-likeness (QED) is 0.498.